The highest BCUT2D eigenvalue weighted by molar-refractivity contribution is 5.80. The summed E-state index contributed by atoms with van der Waals surface area (Å²) in [6.07, 6.45) is 1.18. The van der Waals surface area contributed by atoms with Crippen LogP contribution >= 0.6 is 0 Å². The molecule has 1 fully saturated rings. The van der Waals surface area contributed by atoms with Crippen LogP contribution in [0, 0.1) is 11.7 Å². The number of aromatic amines is 1. The molecule has 0 unspecified atom stereocenters. The Morgan fingerprint density at radius 2 is 1.92 bits per heavy atom. The van der Waals surface area contributed by atoms with Crippen molar-refractivity contribution in [2.75, 3.05) is 26.8 Å². The van der Waals surface area contributed by atoms with Gasteiger partial charge in [-0.25, -0.2) is 9.07 Å². The van der Waals surface area contributed by atoms with Gasteiger partial charge in [0, 0.05) is 29.6 Å². The third-order valence-corrected chi connectivity index (χ3v) is 6.94. The number of rotatable bonds is 8. The Morgan fingerprint density at radius 1 is 1.16 bits per heavy atom. The average Bonchev–Trinajstić information content (AvgIpc) is 3.38. The van der Waals surface area contributed by atoms with Crippen molar-refractivity contribution in [2.45, 2.75) is 32.4 Å². The average molecular weight is 521 g/mol. The summed E-state index contributed by atoms with van der Waals surface area (Å²) in [7, 11) is 1.59. The van der Waals surface area contributed by atoms with Crippen molar-refractivity contribution >= 4 is 16.9 Å². The molecule has 4 aromatic rings. The quantitative estimate of drug-likeness (QED) is 0.353. The van der Waals surface area contributed by atoms with Gasteiger partial charge in [-0.15, -0.1) is 5.10 Å². The number of nitrogens with zero attached hydrogens (tertiary/aromatic N) is 5. The van der Waals surface area contributed by atoms with E-state index in [4.69, 9.17) is 9.47 Å². The summed E-state index contributed by atoms with van der Waals surface area (Å²) in [6, 6.07) is 12.8. The molecule has 1 aliphatic heterocycles. The summed E-state index contributed by atoms with van der Waals surface area (Å²) in [5, 5.41) is 13.3. The second kappa shape index (κ2) is 11.1. The molecule has 1 atom stereocenters. The Kier molecular flexibility index (Phi) is 7.45. The molecule has 198 valence electrons. The van der Waals surface area contributed by atoms with Crippen LogP contribution in [0.15, 0.2) is 53.3 Å². The van der Waals surface area contributed by atoms with E-state index in [-0.39, 0.29) is 23.3 Å². The summed E-state index contributed by atoms with van der Waals surface area (Å²) in [4.78, 5) is 30.9. The number of pyridine rings is 1. The molecule has 3 heterocycles. The Bertz CT molecular complexity index is 1480. The Morgan fingerprint density at radius 3 is 2.63 bits per heavy atom. The first kappa shape index (κ1) is 25.5. The van der Waals surface area contributed by atoms with E-state index in [1.807, 2.05) is 12.1 Å². The van der Waals surface area contributed by atoms with E-state index in [0.29, 0.717) is 61.7 Å². The topological polar surface area (TPSA) is 115 Å². The van der Waals surface area contributed by atoms with E-state index < -0.39 is 6.04 Å². The van der Waals surface area contributed by atoms with E-state index in [0.717, 1.165) is 10.9 Å². The van der Waals surface area contributed by atoms with E-state index in [9.17, 15) is 14.0 Å². The van der Waals surface area contributed by atoms with Gasteiger partial charge >= 0.3 is 5.97 Å². The molecule has 38 heavy (non-hydrogen) atoms. The summed E-state index contributed by atoms with van der Waals surface area (Å²) in [5.74, 6) is 0.438. The molecule has 0 saturated carbocycles. The SMILES string of the molecule is CCOC(=O)C1CCN([C@H](c2cc3cc(OC)ccc3[nH]c2=O)c2nnnn2Cc2ccc(F)cc2)CC1. The van der Waals surface area contributed by atoms with Gasteiger partial charge in [0.25, 0.3) is 5.56 Å². The largest absolute Gasteiger partial charge is 0.497 e. The van der Waals surface area contributed by atoms with Gasteiger partial charge in [0.05, 0.1) is 26.2 Å². The molecule has 1 N–H and O–H groups in total. The van der Waals surface area contributed by atoms with Crippen LogP contribution in [0.4, 0.5) is 4.39 Å². The van der Waals surface area contributed by atoms with Crippen LogP contribution in [-0.4, -0.2) is 62.9 Å². The smallest absolute Gasteiger partial charge is 0.309 e. The number of esters is 1. The first-order chi connectivity index (χ1) is 18.5. The van der Waals surface area contributed by atoms with Crippen molar-refractivity contribution in [3.8, 4) is 5.75 Å². The Balaban J connectivity index is 1.55. The van der Waals surface area contributed by atoms with Crippen LogP contribution in [-0.2, 0) is 16.1 Å². The highest BCUT2D eigenvalue weighted by Crippen LogP contribution is 2.32. The van der Waals surface area contributed by atoms with E-state index in [1.165, 1.54) is 12.1 Å². The fourth-order valence-electron chi connectivity index (χ4n) is 4.97. The normalized spacial score (nSPS) is 15.4. The number of hydrogen-bond acceptors (Lipinski definition) is 8. The fraction of sp³-hybridized carbons (Fsp3) is 0.370. The third-order valence-electron chi connectivity index (χ3n) is 6.94. The number of halogens is 1. The van der Waals surface area contributed by atoms with Crippen LogP contribution in [0.25, 0.3) is 10.9 Å². The molecular weight excluding hydrogens is 491 g/mol. The molecule has 0 spiro atoms. The molecule has 0 aliphatic carbocycles. The van der Waals surface area contributed by atoms with Crippen LogP contribution in [0.1, 0.15) is 42.8 Å². The fourth-order valence-corrected chi connectivity index (χ4v) is 4.97. The maximum absolute atomic E-state index is 13.5. The highest BCUT2D eigenvalue weighted by Gasteiger charge is 2.35. The summed E-state index contributed by atoms with van der Waals surface area (Å²) in [5.41, 5.74) is 1.73. The molecule has 11 heteroatoms. The van der Waals surface area contributed by atoms with Crippen LogP contribution in [0.5, 0.6) is 5.75 Å². The lowest BCUT2D eigenvalue weighted by Gasteiger charge is -2.36. The number of nitrogens with one attached hydrogen (secondary N) is 1. The number of piperidine rings is 1. The highest BCUT2D eigenvalue weighted by atomic mass is 19.1. The van der Waals surface area contributed by atoms with E-state index >= 15 is 0 Å². The van der Waals surface area contributed by atoms with Gasteiger partial charge in [0.2, 0.25) is 0 Å². The van der Waals surface area contributed by atoms with Crippen molar-refractivity contribution in [1.82, 2.24) is 30.1 Å². The summed E-state index contributed by atoms with van der Waals surface area (Å²) >= 11 is 0. The number of methoxy groups -OCH3 is 1. The number of H-pyrrole nitrogens is 1. The predicted molar refractivity (Wildman–Crippen MR) is 137 cm³/mol. The number of hydrogen-bond donors (Lipinski definition) is 1. The lowest BCUT2D eigenvalue weighted by molar-refractivity contribution is -0.149. The molecule has 2 aromatic heterocycles. The van der Waals surface area contributed by atoms with Crippen LogP contribution in [0.2, 0.25) is 0 Å². The summed E-state index contributed by atoms with van der Waals surface area (Å²) < 4.78 is 25.7. The molecule has 1 saturated heterocycles. The van der Waals surface area contributed by atoms with Gasteiger partial charge in [-0.05, 0) is 72.2 Å². The molecule has 0 amide bonds. The van der Waals surface area contributed by atoms with Crippen molar-refractivity contribution < 1.29 is 18.7 Å². The predicted octanol–water partition coefficient (Wildman–Crippen LogP) is 3.08. The second-order valence-electron chi connectivity index (χ2n) is 9.29. The number of fused-ring (bicyclic) bond motifs is 1. The van der Waals surface area contributed by atoms with Crippen molar-refractivity contribution in [3.63, 3.8) is 0 Å². The lowest BCUT2D eigenvalue weighted by Crippen LogP contribution is -2.42. The molecular formula is C27H29FN6O4. The molecule has 2 aromatic carbocycles. The van der Waals surface area contributed by atoms with Crippen LogP contribution < -0.4 is 10.3 Å². The zero-order valence-corrected chi connectivity index (χ0v) is 21.3. The van der Waals surface area contributed by atoms with Crippen molar-refractivity contribution in [1.29, 1.82) is 0 Å². The van der Waals surface area contributed by atoms with Crippen molar-refractivity contribution in [2.24, 2.45) is 5.92 Å². The molecule has 1 aliphatic rings. The first-order valence-corrected chi connectivity index (χ1v) is 12.6. The number of benzene rings is 2. The zero-order valence-electron chi connectivity index (χ0n) is 21.3. The third kappa shape index (κ3) is 5.28. The second-order valence-corrected chi connectivity index (χ2v) is 9.29. The number of ether oxygens (including phenoxy) is 2. The van der Waals surface area contributed by atoms with E-state index in [1.54, 1.807) is 43.0 Å². The maximum atomic E-state index is 13.5. The zero-order chi connectivity index (χ0) is 26.6. The van der Waals surface area contributed by atoms with Gasteiger partial charge < -0.3 is 14.5 Å². The molecule has 0 bridgehead atoms. The Labute approximate surface area is 218 Å². The van der Waals surface area contributed by atoms with Gasteiger partial charge in [-0.2, -0.15) is 0 Å². The lowest BCUT2D eigenvalue weighted by atomic mass is 9.94. The standard InChI is InChI=1S/C27H29FN6O4/c1-3-38-27(36)18-10-12-33(13-11-18)24(22-15-19-14-21(37-2)8-9-23(19)29-26(22)35)25-30-31-32-34(25)16-17-4-6-20(28)7-5-17/h4-9,14-15,18,24H,3,10-13,16H2,1-2H3,(H,29,35)/t24-/m1/s1. The maximum Gasteiger partial charge on any atom is 0.309 e. The van der Waals surface area contributed by atoms with Gasteiger partial charge in [0.1, 0.15) is 17.6 Å². The van der Waals surface area contributed by atoms with Crippen LogP contribution in [0.3, 0.4) is 0 Å². The number of likely N-dealkylation sites (tertiary alicyclic amines) is 1. The van der Waals surface area contributed by atoms with Crippen molar-refractivity contribution in [3.05, 3.63) is 81.7 Å². The molecule has 10 nitrogen and oxygen atoms in total. The van der Waals surface area contributed by atoms with Gasteiger partial charge in [0.15, 0.2) is 5.82 Å². The minimum atomic E-state index is -0.576. The number of carbonyl (C=O) groups is 1. The molecule has 0 radical (unpaired) electrons. The number of aromatic nitrogens is 5. The van der Waals surface area contributed by atoms with Gasteiger partial charge in [-0.3, -0.25) is 14.5 Å². The minimum Gasteiger partial charge on any atom is -0.497 e. The Hall–Kier alpha value is -4.12. The monoisotopic (exact) mass is 520 g/mol. The van der Waals surface area contributed by atoms with E-state index in [2.05, 4.69) is 25.4 Å². The number of tetrazole rings is 1. The summed E-state index contributed by atoms with van der Waals surface area (Å²) in [6.45, 7) is 3.54. The number of carbonyl (C=O) groups excluding carboxylic acids is 1. The molecule has 5 rings (SSSR count). The first-order valence-electron chi connectivity index (χ1n) is 12.6. The minimum absolute atomic E-state index is 0.193. The van der Waals surface area contributed by atoms with Gasteiger partial charge in [-0.1, -0.05) is 12.1 Å².